The second kappa shape index (κ2) is 8.02. The first kappa shape index (κ1) is 20.5. The molecule has 0 unspecified atom stereocenters. The summed E-state index contributed by atoms with van der Waals surface area (Å²) in [6.07, 6.45) is 0.335. The Labute approximate surface area is 174 Å². The van der Waals surface area contributed by atoms with E-state index >= 15 is 0 Å². The predicted octanol–water partition coefficient (Wildman–Crippen LogP) is 5.27. The fourth-order valence-electron chi connectivity index (χ4n) is 3.91. The highest BCUT2D eigenvalue weighted by Crippen LogP contribution is 2.45. The van der Waals surface area contributed by atoms with Crippen LogP contribution in [0.2, 0.25) is 10.0 Å². The molecule has 0 radical (unpaired) electrons. The Kier molecular flexibility index (Phi) is 5.87. The zero-order valence-corrected chi connectivity index (χ0v) is 17.5. The van der Waals surface area contributed by atoms with Gasteiger partial charge >= 0.3 is 6.09 Å². The van der Waals surface area contributed by atoms with Gasteiger partial charge in [0.2, 0.25) is 0 Å². The van der Waals surface area contributed by atoms with Crippen molar-refractivity contribution in [3.8, 4) is 0 Å². The van der Waals surface area contributed by atoms with Crippen LogP contribution >= 0.6 is 23.2 Å². The fraction of sp³-hybridized carbons (Fsp3) is 0.333. The van der Waals surface area contributed by atoms with E-state index in [2.05, 4.69) is 0 Å². The van der Waals surface area contributed by atoms with Gasteiger partial charge in [0.15, 0.2) is 0 Å². The van der Waals surface area contributed by atoms with Gasteiger partial charge in [0.1, 0.15) is 0 Å². The second-order valence-electron chi connectivity index (χ2n) is 7.22. The number of amides is 2. The van der Waals surface area contributed by atoms with Crippen LogP contribution < -0.4 is 0 Å². The van der Waals surface area contributed by atoms with Gasteiger partial charge in [-0.1, -0.05) is 41.4 Å². The molecule has 28 heavy (non-hydrogen) atoms. The van der Waals surface area contributed by atoms with Crippen molar-refractivity contribution >= 4 is 35.2 Å². The smallest absolute Gasteiger partial charge is 0.407 e. The van der Waals surface area contributed by atoms with Crippen molar-refractivity contribution in [2.75, 3.05) is 21.1 Å². The summed E-state index contributed by atoms with van der Waals surface area (Å²) in [7, 11) is 4.93. The van der Waals surface area contributed by atoms with Crippen molar-refractivity contribution in [1.29, 1.82) is 0 Å². The number of nitrogens with zero attached hydrogens (tertiary/aromatic N) is 2. The number of carbonyl (C=O) groups is 2. The molecule has 0 spiro atoms. The van der Waals surface area contributed by atoms with Crippen LogP contribution in [0.25, 0.3) is 0 Å². The minimum Gasteiger partial charge on any atom is -0.465 e. The molecule has 148 valence electrons. The van der Waals surface area contributed by atoms with Gasteiger partial charge in [0.05, 0.1) is 16.1 Å². The molecule has 7 heteroatoms. The Balaban J connectivity index is 2.19. The zero-order chi connectivity index (χ0) is 20.6. The molecule has 0 aliphatic heterocycles. The minimum atomic E-state index is -1.02. The summed E-state index contributed by atoms with van der Waals surface area (Å²) < 4.78 is 0. The Morgan fingerprint density at radius 2 is 1.75 bits per heavy atom. The van der Waals surface area contributed by atoms with Crippen LogP contribution in [0.3, 0.4) is 0 Å². The first-order valence-electron chi connectivity index (χ1n) is 8.97. The third-order valence-electron chi connectivity index (χ3n) is 5.33. The molecule has 0 saturated heterocycles. The molecule has 2 atom stereocenters. The summed E-state index contributed by atoms with van der Waals surface area (Å²) in [5, 5.41) is 10.5. The van der Waals surface area contributed by atoms with Crippen molar-refractivity contribution in [2.45, 2.75) is 24.8 Å². The molecule has 3 rings (SSSR count). The molecular weight excluding hydrogens is 399 g/mol. The van der Waals surface area contributed by atoms with Crippen molar-refractivity contribution in [3.63, 3.8) is 0 Å². The molecule has 0 aromatic heterocycles. The van der Waals surface area contributed by atoms with Crippen molar-refractivity contribution in [2.24, 2.45) is 0 Å². The van der Waals surface area contributed by atoms with E-state index in [1.807, 2.05) is 24.3 Å². The van der Waals surface area contributed by atoms with E-state index in [0.29, 0.717) is 22.0 Å². The van der Waals surface area contributed by atoms with Crippen molar-refractivity contribution < 1.29 is 14.7 Å². The van der Waals surface area contributed by atoms with E-state index in [1.54, 1.807) is 33.3 Å². The Morgan fingerprint density at radius 1 is 1.04 bits per heavy atom. The number of carbonyl (C=O) groups excluding carboxylic acids is 1. The van der Waals surface area contributed by atoms with Gasteiger partial charge in [-0.3, -0.25) is 4.79 Å². The maximum Gasteiger partial charge on any atom is 0.407 e. The molecule has 2 aromatic rings. The molecule has 0 heterocycles. The lowest BCUT2D eigenvalue weighted by Gasteiger charge is -2.37. The molecular formula is C21H22Cl2N2O3. The molecule has 1 aliphatic carbocycles. The van der Waals surface area contributed by atoms with Crippen LogP contribution in [-0.2, 0) is 0 Å². The van der Waals surface area contributed by atoms with E-state index in [4.69, 9.17) is 23.2 Å². The number of halogens is 2. The van der Waals surface area contributed by atoms with E-state index in [-0.39, 0.29) is 17.9 Å². The summed E-state index contributed by atoms with van der Waals surface area (Å²) in [6, 6.07) is 10.8. The number of hydrogen-bond acceptors (Lipinski definition) is 2. The summed E-state index contributed by atoms with van der Waals surface area (Å²) in [5.74, 6) is -0.131. The maximum atomic E-state index is 12.8. The summed E-state index contributed by atoms with van der Waals surface area (Å²) >= 11 is 12.3. The van der Waals surface area contributed by atoms with Gasteiger partial charge in [-0.2, -0.15) is 0 Å². The molecule has 5 nitrogen and oxygen atoms in total. The molecule has 1 aliphatic rings. The van der Waals surface area contributed by atoms with Crippen LogP contribution in [0.1, 0.15) is 51.8 Å². The van der Waals surface area contributed by atoms with Gasteiger partial charge in [-0.05, 0) is 47.7 Å². The monoisotopic (exact) mass is 420 g/mol. The Morgan fingerprint density at radius 3 is 2.36 bits per heavy atom. The average Bonchev–Trinajstić information content (AvgIpc) is 2.67. The van der Waals surface area contributed by atoms with Crippen LogP contribution in [-0.4, -0.2) is 48.0 Å². The standard InChI is InChI=1S/C21H22Cl2N2O3/c1-24(2)20(26)15-6-4-5-14-13(12-7-9-16(22)17(23)11-12)8-10-18(19(14)15)25(3)21(27)28/h4-7,9,11,13,18H,8,10H2,1-3H3,(H,27,28)/t13-,18-/m0/s1. The maximum absolute atomic E-state index is 12.8. The Bertz CT molecular complexity index is 930. The van der Waals surface area contributed by atoms with Gasteiger partial charge in [-0.15, -0.1) is 0 Å². The first-order valence-corrected chi connectivity index (χ1v) is 9.73. The van der Waals surface area contributed by atoms with Crippen molar-refractivity contribution in [1.82, 2.24) is 9.80 Å². The first-order chi connectivity index (χ1) is 13.2. The number of fused-ring (bicyclic) bond motifs is 1. The molecule has 2 aromatic carbocycles. The highest BCUT2D eigenvalue weighted by atomic mass is 35.5. The zero-order valence-electron chi connectivity index (χ0n) is 15.9. The number of hydrogen-bond donors (Lipinski definition) is 1. The van der Waals surface area contributed by atoms with Crippen LogP contribution in [0.5, 0.6) is 0 Å². The molecule has 0 fully saturated rings. The molecule has 0 bridgehead atoms. The van der Waals surface area contributed by atoms with Crippen molar-refractivity contribution in [3.05, 3.63) is 68.7 Å². The predicted molar refractivity (Wildman–Crippen MR) is 111 cm³/mol. The quantitative estimate of drug-likeness (QED) is 0.735. The number of carboxylic acid groups (broad SMARTS) is 1. The summed E-state index contributed by atoms with van der Waals surface area (Å²) in [5.41, 5.74) is 3.26. The van der Waals surface area contributed by atoms with E-state index in [9.17, 15) is 14.7 Å². The highest BCUT2D eigenvalue weighted by Gasteiger charge is 2.35. The number of benzene rings is 2. The van der Waals surface area contributed by atoms with Crippen LogP contribution in [0.4, 0.5) is 4.79 Å². The van der Waals surface area contributed by atoms with E-state index in [1.165, 1.54) is 9.80 Å². The topological polar surface area (TPSA) is 60.9 Å². The average molecular weight is 421 g/mol. The lowest BCUT2D eigenvalue weighted by Crippen LogP contribution is -2.35. The minimum absolute atomic E-state index is 0.0122. The van der Waals surface area contributed by atoms with E-state index in [0.717, 1.165) is 23.1 Å². The third-order valence-corrected chi connectivity index (χ3v) is 6.07. The SMILES string of the molecule is CN(C)C(=O)c1cccc2c1[C@@H](N(C)C(=O)O)CC[C@H]2c1ccc(Cl)c(Cl)c1. The lowest BCUT2D eigenvalue weighted by molar-refractivity contribution is 0.0820. The fourth-order valence-corrected chi connectivity index (χ4v) is 4.21. The highest BCUT2D eigenvalue weighted by molar-refractivity contribution is 6.42. The van der Waals surface area contributed by atoms with Gasteiger partial charge in [0.25, 0.3) is 5.91 Å². The largest absolute Gasteiger partial charge is 0.465 e. The van der Waals surface area contributed by atoms with Crippen LogP contribution in [0.15, 0.2) is 36.4 Å². The third kappa shape index (κ3) is 3.69. The normalized spacial score (nSPS) is 18.3. The lowest BCUT2D eigenvalue weighted by atomic mass is 9.74. The summed E-state index contributed by atoms with van der Waals surface area (Å²) in [4.78, 5) is 27.3. The summed E-state index contributed by atoms with van der Waals surface area (Å²) in [6.45, 7) is 0. The molecule has 0 saturated carbocycles. The van der Waals surface area contributed by atoms with Gasteiger partial charge in [-0.25, -0.2) is 4.79 Å². The van der Waals surface area contributed by atoms with E-state index < -0.39 is 6.09 Å². The van der Waals surface area contributed by atoms with Gasteiger partial charge in [0, 0.05) is 32.6 Å². The molecule has 1 N–H and O–H groups in total. The second-order valence-corrected chi connectivity index (χ2v) is 8.04. The number of rotatable bonds is 3. The van der Waals surface area contributed by atoms with Gasteiger partial charge < -0.3 is 14.9 Å². The Hall–Kier alpha value is -2.24. The molecule has 2 amide bonds. The van der Waals surface area contributed by atoms with Crippen LogP contribution in [0, 0.1) is 0 Å².